The van der Waals surface area contributed by atoms with Crippen LogP contribution in [0.4, 0.5) is 5.69 Å². The first-order chi connectivity index (χ1) is 10.4. The maximum atomic E-state index is 11.5. The summed E-state index contributed by atoms with van der Waals surface area (Å²) in [5, 5.41) is 16.5. The molecule has 1 atom stereocenters. The van der Waals surface area contributed by atoms with Crippen LogP contribution in [0.1, 0.15) is 46.8 Å². The largest absolute Gasteiger partial charge is 0.381 e. The first-order valence-electron chi connectivity index (χ1n) is 7.15. The summed E-state index contributed by atoms with van der Waals surface area (Å²) in [4.78, 5) is 11.5. The zero-order valence-corrected chi connectivity index (χ0v) is 13.2. The standard InChI is InChI=1S/C17H19N3O2/c1-10(7-16-11(2)20-22-13(16)4)19-17-8-14(12(3)21)5-6-15(17)9-18/h5-6,8,10,19H,7H2,1-4H3. The zero-order valence-electron chi connectivity index (χ0n) is 13.2. The van der Waals surface area contributed by atoms with E-state index in [4.69, 9.17) is 4.52 Å². The van der Waals surface area contributed by atoms with Crippen LogP contribution in [0.2, 0.25) is 0 Å². The maximum absolute atomic E-state index is 11.5. The number of aromatic nitrogens is 1. The Hall–Kier alpha value is -2.61. The molecular formula is C17H19N3O2. The van der Waals surface area contributed by atoms with Crippen molar-refractivity contribution in [3.8, 4) is 6.07 Å². The second-order valence-corrected chi connectivity index (χ2v) is 5.48. The molecule has 1 aromatic heterocycles. The predicted octanol–water partition coefficient (Wildman–Crippen LogP) is 3.41. The Morgan fingerprint density at radius 2 is 2.18 bits per heavy atom. The van der Waals surface area contributed by atoms with E-state index in [9.17, 15) is 10.1 Å². The van der Waals surface area contributed by atoms with E-state index in [1.54, 1.807) is 18.2 Å². The number of benzene rings is 1. The highest BCUT2D eigenvalue weighted by Crippen LogP contribution is 2.21. The minimum Gasteiger partial charge on any atom is -0.381 e. The fourth-order valence-corrected chi connectivity index (χ4v) is 2.40. The molecule has 0 saturated heterocycles. The highest BCUT2D eigenvalue weighted by atomic mass is 16.5. The van der Waals surface area contributed by atoms with E-state index in [2.05, 4.69) is 16.5 Å². The molecule has 0 amide bonds. The van der Waals surface area contributed by atoms with Crippen molar-refractivity contribution in [2.24, 2.45) is 0 Å². The first-order valence-corrected chi connectivity index (χ1v) is 7.15. The average molecular weight is 297 g/mol. The van der Waals surface area contributed by atoms with Crippen molar-refractivity contribution in [1.82, 2.24) is 5.16 Å². The van der Waals surface area contributed by atoms with E-state index in [0.717, 1.165) is 23.4 Å². The monoisotopic (exact) mass is 297 g/mol. The molecule has 22 heavy (non-hydrogen) atoms. The van der Waals surface area contributed by atoms with Gasteiger partial charge in [0.2, 0.25) is 0 Å². The SMILES string of the molecule is CC(=O)c1ccc(C#N)c(NC(C)Cc2c(C)noc2C)c1. The molecule has 1 unspecified atom stereocenters. The van der Waals surface area contributed by atoms with Crippen LogP contribution in [0, 0.1) is 25.2 Å². The molecule has 0 bridgehead atoms. The lowest BCUT2D eigenvalue weighted by atomic mass is 10.0. The third kappa shape index (κ3) is 3.34. The van der Waals surface area contributed by atoms with Gasteiger partial charge in [0, 0.05) is 17.2 Å². The van der Waals surface area contributed by atoms with Crippen molar-refractivity contribution >= 4 is 11.5 Å². The molecular weight excluding hydrogens is 278 g/mol. The van der Waals surface area contributed by atoms with E-state index in [1.165, 1.54) is 6.92 Å². The number of nitriles is 1. The van der Waals surface area contributed by atoms with Crippen molar-refractivity contribution < 1.29 is 9.32 Å². The summed E-state index contributed by atoms with van der Waals surface area (Å²) in [6.07, 6.45) is 0.732. The number of hydrogen-bond donors (Lipinski definition) is 1. The lowest BCUT2D eigenvalue weighted by Crippen LogP contribution is -2.19. The highest BCUT2D eigenvalue weighted by molar-refractivity contribution is 5.95. The molecule has 0 fully saturated rings. The molecule has 1 N–H and O–H groups in total. The molecule has 5 nitrogen and oxygen atoms in total. The first kappa shape index (κ1) is 15.8. The molecule has 114 valence electrons. The predicted molar refractivity (Wildman–Crippen MR) is 83.9 cm³/mol. The number of hydrogen-bond acceptors (Lipinski definition) is 5. The third-order valence-corrected chi connectivity index (χ3v) is 3.64. The number of ketones is 1. The number of anilines is 1. The fourth-order valence-electron chi connectivity index (χ4n) is 2.40. The van der Waals surface area contributed by atoms with Crippen LogP contribution >= 0.6 is 0 Å². The van der Waals surface area contributed by atoms with Gasteiger partial charge >= 0.3 is 0 Å². The van der Waals surface area contributed by atoms with E-state index >= 15 is 0 Å². The lowest BCUT2D eigenvalue weighted by molar-refractivity contribution is 0.101. The topological polar surface area (TPSA) is 78.9 Å². The van der Waals surface area contributed by atoms with E-state index < -0.39 is 0 Å². The van der Waals surface area contributed by atoms with Crippen LogP contribution in [-0.2, 0) is 6.42 Å². The van der Waals surface area contributed by atoms with Gasteiger partial charge in [-0.15, -0.1) is 0 Å². The summed E-state index contributed by atoms with van der Waals surface area (Å²) in [5.74, 6) is 0.787. The Bertz CT molecular complexity index is 721. The molecule has 0 aliphatic carbocycles. The van der Waals surface area contributed by atoms with Crippen LogP contribution in [0.3, 0.4) is 0 Å². The van der Waals surface area contributed by atoms with Gasteiger partial charge in [0.1, 0.15) is 11.8 Å². The van der Waals surface area contributed by atoms with Gasteiger partial charge in [-0.1, -0.05) is 5.16 Å². The van der Waals surface area contributed by atoms with Crippen molar-refractivity contribution in [3.05, 3.63) is 46.3 Å². The van der Waals surface area contributed by atoms with Gasteiger partial charge in [-0.25, -0.2) is 0 Å². The summed E-state index contributed by atoms with van der Waals surface area (Å²) in [5.41, 5.74) is 3.74. The quantitative estimate of drug-likeness (QED) is 0.855. The molecule has 2 rings (SSSR count). The number of nitrogens with one attached hydrogen (secondary N) is 1. The summed E-state index contributed by atoms with van der Waals surface area (Å²) in [6, 6.07) is 7.29. The number of carbonyl (C=O) groups is 1. The molecule has 2 aromatic rings. The number of rotatable bonds is 5. The van der Waals surface area contributed by atoms with Gasteiger partial charge in [0.15, 0.2) is 5.78 Å². The minimum atomic E-state index is -0.0223. The second kappa shape index (κ2) is 6.44. The number of aryl methyl sites for hydroxylation is 2. The van der Waals surface area contributed by atoms with Crippen molar-refractivity contribution in [3.63, 3.8) is 0 Å². The maximum Gasteiger partial charge on any atom is 0.159 e. The van der Waals surface area contributed by atoms with Crippen LogP contribution < -0.4 is 5.32 Å². The van der Waals surface area contributed by atoms with Crippen LogP contribution in [0.15, 0.2) is 22.7 Å². The van der Waals surface area contributed by atoms with E-state index in [1.807, 2.05) is 20.8 Å². The Kier molecular flexibility index (Phi) is 4.62. The normalized spacial score (nSPS) is 11.8. The lowest BCUT2D eigenvalue weighted by Gasteiger charge is -2.16. The van der Waals surface area contributed by atoms with Gasteiger partial charge in [-0.05, 0) is 52.3 Å². The molecule has 0 aliphatic rings. The Morgan fingerprint density at radius 3 is 2.73 bits per heavy atom. The van der Waals surface area contributed by atoms with Crippen molar-refractivity contribution in [2.75, 3.05) is 5.32 Å². The molecule has 0 spiro atoms. The van der Waals surface area contributed by atoms with Gasteiger partial charge in [-0.3, -0.25) is 4.79 Å². The second-order valence-electron chi connectivity index (χ2n) is 5.48. The molecule has 0 aliphatic heterocycles. The van der Waals surface area contributed by atoms with Gasteiger partial charge in [0.25, 0.3) is 0 Å². The van der Waals surface area contributed by atoms with Gasteiger partial charge in [0.05, 0.1) is 16.9 Å². The van der Waals surface area contributed by atoms with Gasteiger partial charge in [-0.2, -0.15) is 5.26 Å². The van der Waals surface area contributed by atoms with Crippen LogP contribution in [0.5, 0.6) is 0 Å². The highest BCUT2D eigenvalue weighted by Gasteiger charge is 2.14. The summed E-state index contributed by atoms with van der Waals surface area (Å²) >= 11 is 0. The number of nitrogens with zero attached hydrogens (tertiary/aromatic N) is 2. The van der Waals surface area contributed by atoms with Crippen LogP contribution in [0.25, 0.3) is 0 Å². The fraction of sp³-hybridized carbons (Fsp3) is 0.353. The van der Waals surface area contributed by atoms with Crippen molar-refractivity contribution in [2.45, 2.75) is 40.2 Å². The summed E-state index contributed by atoms with van der Waals surface area (Å²) in [7, 11) is 0. The summed E-state index contributed by atoms with van der Waals surface area (Å²) < 4.78 is 5.17. The molecule has 5 heteroatoms. The van der Waals surface area contributed by atoms with E-state index in [0.29, 0.717) is 16.8 Å². The number of carbonyl (C=O) groups excluding carboxylic acids is 1. The molecule has 0 radical (unpaired) electrons. The molecule has 1 aromatic carbocycles. The minimum absolute atomic E-state index is 0.0223. The van der Waals surface area contributed by atoms with Gasteiger partial charge < -0.3 is 9.84 Å². The Balaban J connectivity index is 2.21. The van der Waals surface area contributed by atoms with Crippen LogP contribution in [-0.4, -0.2) is 17.0 Å². The Labute approximate surface area is 129 Å². The van der Waals surface area contributed by atoms with E-state index in [-0.39, 0.29) is 11.8 Å². The number of Topliss-reactive ketones (excluding diaryl/α,β-unsaturated/α-hetero) is 1. The molecule has 0 saturated carbocycles. The summed E-state index contributed by atoms with van der Waals surface area (Å²) in [6.45, 7) is 7.33. The van der Waals surface area contributed by atoms with Crippen molar-refractivity contribution in [1.29, 1.82) is 5.26 Å². The zero-order chi connectivity index (χ0) is 16.3. The smallest absolute Gasteiger partial charge is 0.159 e. The third-order valence-electron chi connectivity index (χ3n) is 3.64. The Morgan fingerprint density at radius 1 is 1.45 bits per heavy atom. The average Bonchev–Trinajstić information content (AvgIpc) is 2.79. The molecule has 1 heterocycles.